The van der Waals surface area contributed by atoms with Crippen LogP contribution in [0.1, 0.15) is 22.8 Å². The van der Waals surface area contributed by atoms with Crippen molar-refractivity contribution in [2.24, 2.45) is 0 Å². The van der Waals surface area contributed by atoms with E-state index in [2.05, 4.69) is 5.32 Å². The fourth-order valence-electron chi connectivity index (χ4n) is 1.83. The molecule has 0 spiro atoms. The van der Waals surface area contributed by atoms with Crippen LogP contribution in [0.3, 0.4) is 0 Å². The van der Waals surface area contributed by atoms with Gasteiger partial charge in [0.15, 0.2) is 0 Å². The first-order valence-electron chi connectivity index (χ1n) is 6.94. The lowest BCUT2D eigenvalue weighted by Crippen LogP contribution is -2.39. The Morgan fingerprint density at radius 1 is 1.33 bits per heavy atom. The molecule has 0 radical (unpaired) electrons. The molecule has 0 atom stereocenters. The molecular weight excluding hydrogens is 272 g/mol. The molecule has 0 saturated heterocycles. The minimum Gasteiger partial charge on any atom is -0.478 e. The van der Waals surface area contributed by atoms with Gasteiger partial charge in [-0.25, -0.2) is 9.59 Å². The molecule has 2 amide bonds. The summed E-state index contributed by atoms with van der Waals surface area (Å²) in [5.74, 6) is -0.953. The largest absolute Gasteiger partial charge is 0.478 e. The number of nitrogens with one attached hydrogen (secondary N) is 1. The number of carbonyl (C=O) groups is 2. The first-order valence-corrected chi connectivity index (χ1v) is 6.94. The van der Waals surface area contributed by atoms with Gasteiger partial charge in [-0.05, 0) is 25.0 Å². The van der Waals surface area contributed by atoms with Crippen molar-refractivity contribution < 1.29 is 19.4 Å². The number of nitrogens with zero attached hydrogens (tertiary/aromatic N) is 1. The quantitative estimate of drug-likeness (QED) is 0.714. The molecule has 0 saturated carbocycles. The summed E-state index contributed by atoms with van der Waals surface area (Å²) in [6.45, 7) is 3.94. The van der Waals surface area contributed by atoms with Crippen molar-refractivity contribution >= 4 is 12.0 Å². The Bertz CT molecular complexity index is 476. The predicted octanol–water partition coefficient (Wildman–Crippen LogP) is 1.61. The molecule has 1 aromatic rings. The second-order valence-corrected chi connectivity index (χ2v) is 4.56. The third-order valence-corrected chi connectivity index (χ3v) is 3.04. The molecule has 1 aromatic carbocycles. The number of amides is 2. The lowest BCUT2D eigenvalue weighted by atomic mass is 10.0. The highest BCUT2D eigenvalue weighted by Crippen LogP contribution is 2.09. The van der Waals surface area contributed by atoms with Gasteiger partial charge >= 0.3 is 12.0 Å². The van der Waals surface area contributed by atoms with Crippen LogP contribution in [-0.4, -0.2) is 55.4 Å². The van der Waals surface area contributed by atoms with Crippen molar-refractivity contribution in [2.75, 3.05) is 33.4 Å². The monoisotopic (exact) mass is 294 g/mol. The summed E-state index contributed by atoms with van der Waals surface area (Å²) in [6.07, 6.45) is 0.480. The van der Waals surface area contributed by atoms with E-state index in [4.69, 9.17) is 9.84 Å². The number of carboxylic acids is 1. The Hall–Kier alpha value is -2.08. The lowest BCUT2D eigenvalue weighted by Gasteiger charge is -2.17. The lowest BCUT2D eigenvalue weighted by molar-refractivity contribution is 0.0695. The molecule has 116 valence electrons. The summed E-state index contributed by atoms with van der Waals surface area (Å²) >= 11 is 0. The Morgan fingerprint density at radius 2 is 2.05 bits per heavy atom. The van der Waals surface area contributed by atoms with Gasteiger partial charge in [-0.2, -0.15) is 0 Å². The van der Waals surface area contributed by atoms with E-state index in [-0.39, 0.29) is 11.6 Å². The summed E-state index contributed by atoms with van der Waals surface area (Å²) in [4.78, 5) is 24.4. The second kappa shape index (κ2) is 8.97. The second-order valence-electron chi connectivity index (χ2n) is 4.56. The smallest absolute Gasteiger partial charge is 0.335 e. The van der Waals surface area contributed by atoms with Gasteiger partial charge in [-0.1, -0.05) is 18.2 Å². The zero-order chi connectivity index (χ0) is 15.7. The van der Waals surface area contributed by atoms with E-state index in [0.29, 0.717) is 38.3 Å². The van der Waals surface area contributed by atoms with E-state index in [1.54, 1.807) is 36.2 Å². The molecule has 0 aliphatic carbocycles. The van der Waals surface area contributed by atoms with Crippen molar-refractivity contribution in [1.82, 2.24) is 10.2 Å². The molecule has 0 aromatic heterocycles. The van der Waals surface area contributed by atoms with Crippen molar-refractivity contribution in [3.63, 3.8) is 0 Å². The SMILES string of the molecule is CCOCCN(C)C(=O)NCCc1ccccc1C(=O)O. The molecule has 0 fully saturated rings. The third kappa shape index (κ3) is 5.83. The number of carbonyl (C=O) groups excluding carboxylic acids is 1. The third-order valence-electron chi connectivity index (χ3n) is 3.04. The van der Waals surface area contributed by atoms with Gasteiger partial charge in [0.2, 0.25) is 0 Å². The van der Waals surface area contributed by atoms with Crippen LogP contribution in [0.15, 0.2) is 24.3 Å². The van der Waals surface area contributed by atoms with E-state index in [1.165, 1.54) is 0 Å². The van der Waals surface area contributed by atoms with E-state index in [0.717, 1.165) is 0 Å². The van der Waals surface area contributed by atoms with Gasteiger partial charge < -0.3 is 20.1 Å². The van der Waals surface area contributed by atoms with E-state index >= 15 is 0 Å². The first-order chi connectivity index (χ1) is 10.1. The molecule has 0 bridgehead atoms. The highest BCUT2D eigenvalue weighted by atomic mass is 16.5. The van der Waals surface area contributed by atoms with Crippen LogP contribution in [0.25, 0.3) is 0 Å². The van der Waals surface area contributed by atoms with Crippen LogP contribution >= 0.6 is 0 Å². The molecule has 6 heteroatoms. The Balaban J connectivity index is 2.39. The number of rotatable bonds is 8. The molecule has 21 heavy (non-hydrogen) atoms. The van der Waals surface area contributed by atoms with Gasteiger partial charge in [-0.15, -0.1) is 0 Å². The predicted molar refractivity (Wildman–Crippen MR) is 79.6 cm³/mol. The van der Waals surface area contributed by atoms with Crippen LogP contribution in [0.2, 0.25) is 0 Å². The van der Waals surface area contributed by atoms with Gasteiger partial charge in [-0.3, -0.25) is 0 Å². The Morgan fingerprint density at radius 3 is 2.71 bits per heavy atom. The molecule has 6 nitrogen and oxygen atoms in total. The van der Waals surface area contributed by atoms with E-state index in [1.807, 2.05) is 6.92 Å². The summed E-state index contributed by atoms with van der Waals surface area (Å²) in [6, 6.07) is 6.61. The minimum atomic E-state index is -0.953. The van der Waals surface area contributed by atoms with Gasteiger partial charge in [0, 0.05) is 26.7 Å². The topological polar surface area (TPSA) is 78.9 Å². The minimum absolute atomic E-state index is 0.192. The van der Waals surface area contributed by atoms with E-state index < -0.39 is 5.97 Å². The van der Waals surface area contributed by atoms with Crippen molar-refractivity contribution in [3.05, 3.63) is 35.4 Å². The number of benzene rings is 1. The van der Waals surface area contributed by atoms with E-state index in [9.17, 15) is 9.59 Å². The number of hydrogen-bond donors (Lipinski definition) is 2. The number of hydrogen-bond acceptors (Lipinski definition) is 3. The van der Waals surface area contributed by atoms with Gasteiger partial charge in [0.05, 0.1) is 12.2 Å². The number of carboxylic acid groups (broad SMARTS) is 1. The summed E-state index contributed by atoms with van der Waals surface area (Å²) in [7, 11) is 1.69. The first kappa shape index (κ1) is 17.0. The zero-order valence-electron chi connectivity index (χ0n) is 12.5. The van der Waals surface area contributed by atoms with Crippen molar-refractivity contribution in [3.8, 4) is 0 Å². The number of urea groups is 1. The molecular formula is C15H22N2O4. The standard InChI is InChI=1S/C15H22N2O4/c1-3-21-11-10-17(2)15(20)16-9-8-12-6-4-5-7-13(12)14(18)19/h4-7H,3,8-11H2,1-2H3,(H,16,20)(H,18,19). The molecule has 0 aliphatic rings. The number of aromatic carboxylic acids is 1. The highest BCUT2D eigenvalue weighted by molar-refractivity contribution is 5.89. The average Bonchev–Trinajstić information content (AvgIpc) is 2.47. The molecule has 1 rings (SSSR count). The number of ether oxygens (including phenoxy) is 1. The Kier molecular flexibility index (Phi) is 7.25. The zero-order valence-corrected chi connectivity index (χ0v) is 12.5. The maximum atomic E-state index is 11.8. The van der Waals surface area contributed by atoms with Crippen LogP contribution < -0.4 is 5.32 Å². The molecule has 2 N–H and O–H groups in total. The normalized spacial score (nSPS) is 10.2. The van der Waals surface area contributed by atoms with Crippen LogP contribution in [0.4, 0.5) is 4.79 Å². The molecule has 0 heterocycles. The maximum absolute atomic E-state index is 11.8. The fraction of sp³-hybridized carbons (Fsp3) is 0.467. The molecule has 0 unspecified atom stereocenters. The Labute approximate surface area is 124 Å². The summed E-state index contributed by atoms with van der Waals surface area (Å²) in [5.41, 5.74) is 0.985. The summed E-state index contributed by atoms with van der Waals surface area (Å²) in [5, 5.41) is 11.8. The number of likely N-dealkylation sites (N-methyl/N-ethyl adjacent to an activating group) is 1. The maximum Gasteiger partial charge on any atom is 0.335 e. The average molecular weight is 294 g/mol. The van der Waals surface area contributed by atoms with Crippen LogP contribution in [-0.2, 0) is 11.2 Å². The fourth-order valence-corrected chi connectivity index (χ4v) is 1.83. The highest BCUT2D eigenvalue weighted by Gasteiger charge is 2.10. The summed E-state index contributed by atoms with van der Waals surface area (Å²) < 4.78 is 5.18. The van der Waals surface area contributed by atoms with Crippen molar-refractivity contribution in [1.29, 1.82) is 0 Å². The van der Waals surface area contributed by atoms with Gasteiger partial charge in [0.25, 0.3) is 0 Å². The molecule has 0 aliphatic heterocycles. The van der Waals surface area contributed by atoms with Crippen LogP contribution in [0, 0.1) is 0 Å². The van der Waals surface area contributed by atoms with Crippen molar-refractivity contribution in [2.45, 2.75) is 13.3 Å². The van der Waals surface area contributed by atoms with Crippen LogP contribution in [0.5, 0.6) is 0 Å². The van der Waals surface area contributed by atoms with Gasteiger partial charge in [0.1, 0.15) is 0 Å².